The number of phenols is 2. The molecule has 1 heterocycles. The third-order valence-corrected chi connectivity index (χ3v) is 5.35. The highest BCUT2D eigenvalue weighted by molar-refractivity contribution is 6.39. The predicted octanol–water partition coefficient (Wildman–Crippen LogP) is 2.65. The van der Waals surface area contributed by atoms with Gasteiger partial charge in [-0.2, -0.15) is 0 Å². The number of aliphatic hydroxyl groups is 1. The van der Waals surface area contributed by atoms with Crippen molar-refractivity contribution in [2.75, 3.05) is 13.7 Å². The first-order valence-electron chi connectivity index (χ1n) is 8.80. The molecular weight excluding hydrogens is 415 g/mol. The monoisotopic (exact) mass is 438 g/mol. The Morgan fingerprint density at radius 3 is 2.32 bits per heavy atom. The van der Waals surface area contributed by atoms with E-state index in [1.807, 2.05) is 0 Å². The van der Waals surface area contributed by atoms with Gasteiger partial charge < -0.3 is 34.3 Å². The molecular formula is C18H24Cl2O8. The second-order valence-corrected chi connectivity index (χ2v) is 7.01. The second kappa shape index (κ2) is 9.47. The Balaban J connectivity index is 2.35. The minimum absolute atomic E-state index is 0.156. The van der Waals surface area contributed by atoms with Crippen molar-refractivity contribution in [2.45, 2.75) is 57.9 Å². The number of halogens is 2. The number of carbonyl (C=O) groups excluding carboxylic acids is 1. The zero-order valence-electron chi connectivity index (χ0n) is 15.9. The smallest absolute Gasteiger partial charge is 0.342 e. The van der Waals surface area contributed by atoms with Crippen molar-refractivity contribution in [1.82, 2.24) is 0 Å². The quantitative estimate of drug-likeness (QED) is 0.580. The molecule has 0 bridgehead atoms. The van der Waals surface area contributed by atoms with Gasteiger partial charge in [-0.15, -0.1) is 0 Å². The van der Waals surface area contributed by atoms with E-state index in [0.717, 1.165) is 0 Å². The van der Waals surface area contributed by atoms with Gasteiger partial charge in [-0.3, -0.25) is 0 Å². The molecule has 158 valence electrons. The average molecular weight is 439 g/mol. The lowest BCUT2D eigenvalue weighted by Crippen LogP contribution is -2.59. The molecule has 0 aromatic heterocycles. The fourth-order valence-corrected chi connectivity index (χ4v) is 3.71. The van der Waals surface area contributed by atoms with Crippen LogP contribution in [0.1, 0.15) is 36.7 Å². The Labute approximate surface area is 172 Å². The molecule has 28 heavy (non-hydrogen) atoms. The molecule has 0 saturated carbocycles. The molecule has 0 aliphatic carbocycles. The van der Waals surface area contributed by atoms with Crippen LogP contribution in [-0.4, -0.2) is 65.7 Å². The molecule has 0 unspecified atom stereocenters. The lowest BCUT2D eigenvalue weighted by Gasteiger charge is -2.42. The average Bonchev–Trinajstić information content (AvgIpc) is 2.66. The molecule has 0 radical (unpaired) electrons. The van der Waals surface area contributed by atoms with Crippen LogP contribution in [0.15, 0.2) is 0 Å². The number of hydrogen-bond acceptors (Lipinski definition) is 8. The first kappa shape index (κ1) is 23.0. The summed E-state index contributed by atoms with van der Waals surface area (Å²) in [5, 5.41) is 30.2. The summed E-state index contributed by atoms with van der Waals surface area (Å²) in [7, 11) is 1.37. The number of ether oxygens (including phenoxy) is 4. The molecule has 3 N–H and O–H groups in total. The third kappa shape index (κ3) is 4.17. The molecule has 8 nitrogen and oxygen atoms in total. The van der Waals surface area contributed by atoms with E-state index in [2.05, 4.69) is 0 Å². The Morgan fingerprint density at radius 1 is 1.14 bits per heavy atom. The van der Waals surface area contributed by atoms with Crippen molar-refractivity contribution in [3.63, 3.8) is 0 Å². The van der Waals surface area contributed by atoms with E-state index in [4.69, 9.17) is 42.1 Å². The summed E-state index contributed by atoms with van der Waals surface area (Å²) in [6.45, 7) is 5.40. The van der Waals surface area contributed by atoms with Gasteiger partial charge in [0.1, 0.15) is 22.8 Å². The summed E-state index contributed by atoms with van der Waals surface area (Å²) >= 11 is 11.9. The van der Waals surface area contributed by atoms with E-state index < -0.39 is 53.2 Å². The van der Waals surface area contributed by atoms with Gasteiger partial charge in [0.15, 0.2) is 23.9 Å². The summed E-state index contributed by atoms with van der Waals surface area (Å²) < 4.78 is 21.7. The number of phenolic OH excluding ortho intramolecular Hbond substituents is 2. The van der Waals surface area contributed by atoms with Crippen molar-refractivity contribution in [1.29, 1.82) is 0 Å². The number of carbonyl (C=O) groups is 1. The lowest BCUT2D eigenvalue weighted by molar-refractivity contribution is -0.296. The number of aliphatic hydroxyl groups excluding tert-OH is 1. The van der Waals surface area contributed by atoms with Gasteiger partial charge >= 0.3 is 5.97 Å². The molecule has 10 heteroatoms. The van der Waals surface area contributed by atoms with Crippen molar-refractivity contribution in [2.24, 2.45) is 0 Å². The normalized spacial score (nSPS) is 27.6. The highest BCUT2D eigenvalue weighted by Crippen LogP contribution is 2.45. The van der Waals surface area contributed by atoms with E-state index >= 15 is 0 Å². The summed E-state index contributed by atoms with van der Waals surface area (Å²) in [4.78, 5) is 12.8. The summed E-state index contributed by atoms with van der Waals surface area (Å²) in [6, 6.07) is 0. The van der Waals surface area contributed by atoms with Crippen LogP contribution in [0.4, 0.5) is 0 Å². The molecule has 1 aliphatic rings. The van der Waals surface area contributed by atoms with E-state index in [1.165, 1.54) is 7.11 Å². The lowest BCUT2D eigenvalue weighted by atomic mass is 9.98. The van der Waals surface area contributed by atoms with Gasteiger partial charge in [-0.25, -0.2) is 4.79 Å². The topological polar surface area (TPSA) is 115 Å². The van der Waals surface area contributed by atoms with Gasteiger partial charge in [0.05, 0.1) is 11.1 Å². The van der Waals surface area contributed by atoms with Gasteiger partial charge in [-0.1, -0.05) is 30.1 Å². The first-order chi connectivity index (χ1) is 13.2. The van der Waals surface area contributed by atoms with Crippen LogP contribution in [-0.2, 0) is 25.4 Å². The third-order valence-electron chi connectivity index (χ3n) is 4.58. The molecule has 5 atom stereocenters. The number of esters is 1. The fraction of sp³-hybridized carbons (Fsp3) is 0.611. The minimum atomic E-state index is -1.25. The second-order valence-electron chi connectivity index (χ2n) is 6.26. The maximum absolute atomic E-state index is 12.8. The van der Waals surface area contributed by atoms with Crippen LogP contribution in [0.2, 0.25) is 10.0 Å². The van der Waals surface area contributed by atoms with Crippen molar-refractivity contribution < 1.29 is 39.1 Å². The van der Waals surface area contributed by atoms with Crippen molar-refractivity contribution in [3.8, 4) is 11.5 Å². The number of benzene rings is 1. The van der Waals surface area contributed by atoms with Crippen LogP contribution in [0.5, 0.6) is 11.5 Å². The first-order valence-corrected chi connectivity index (χ1v) is 9.55. The van der Waals surface area contributed by atoms with Gasteiger partial charge in [0.2, 0.25) is 0 Å². The number of aromatic hydroxyl groups is 2. The van der Waals surface area contributed by atoms with Crippen LogP contribution < -0.4 is 0 Å². The zero-order valence-corrected chi connectivity index (χ0v) is 17.5. The number of methoxy groups -OCH3 is 1. The Kier molecular flexibility index (Phi) is 7.78. The fourth-order valence-electron chi connectivity index (χ4n) is 3.15. The summed E-state index contributed by atoms with van der Waals surface area (Å²) in [5.41, 5.74) is -0.115. The maximum Gasteiger partial charge on any atom is 0.342 e. The van der Waals surface area contributed by atoms with Crippen LogP contribution >= 0.6 is 23.2 Å². The minimum Gasteiger partial charge on any atom is -0.505 e. The van der Waals surface area contributed by atoms with Gasteiger partial charge in [0, 0.05) is 13.7 Å². The van der Waals surface area contributed by atoms with E-state index in [9.17, 15) is 20.1 Å². The number of hydrogen-bond donors (Lipinski definition) is 3. The highest BCUT2D eigenvalue weighted by Gasteiger charge is 2.47. The van der Waals surface area contributed by atoms with Crippen LogP contribution in [0.25, 0.3) is 0 Å². The van der Waals surface area contributed by atoms with Crippen LogP contribution in [0, 0.1) is 0 Å². The molecule has 1 aromatic carbocycles. The maximum atomic E-state index is 12.8. The highest BCUT2D eigenvalue weighted by atomic mass is 35.5. The molecule has 0 spiro atoms. The largest absolute Gasteiger partial charge is 0.505 e. The molecule has 1 aromatic rings. The zero-order chi connectivity index (χ0) is 21.2. The summed E-state index contributed by atoms with van der Waals surface area (Å²) in [6.07, 6.45) is -4.58. The summed E-state index contributed by atoms with van der Waals surface area (Å²) in [5.74, 6) is -2.15. The molecule has 2 rings (SSSR count). The molecule has 1 aliphatic heterocycles. The molecule has 0 amide bonds. The van der Waals surface area contributed by atoms with E-state index in [1.54, 1.807) is 20.8 Å². The number of rotatable bonds is 6. The van der Waals surface area contributed by atoms with E-state index in [0.29, 0.717) is 6.61 Å². The Bertz CT molecular complexity index is 726. The van der Waals surface area contributed by atoms with Crippen LogP contribution in [0.3, 0.4) is 0 Å². The van der Waals surface area contributed by atoms with E-state index in [-0.39, 0.29) is 22.6 Å². The SMILES string of the molecule is CCO[C@H]1O[C@@H](C)[C@H](OC(=O)c2c(O)c(Cl)c(O)c(Cl)c2CC)[C@@H](O)[C@H]1OC. The molecule has 1 fully saturated rings. The standard InChI is InChI=1S/C18H24Cl2O8/c1-5-8-9(12(21)11(20)13(22)10(8)19)17(24)28-15-7(3)27-18(26-6-2)16(25-4)14(15)23/h7,14-16,18,21-23H,5-6H2,1-4H3/t7-,14+,15-,16+,18-/m0/s1. The van der Waals surface area contributed by atoms with Crippen molar-refractivity contribution >= 4 is 29.2 Å². The predicted molar refractivity (Wildman–Crippen MR) is 101 cm³/mol. The Morgan fingerprint density at radius 2 is 1.79 bits per heavy atom. The molecule has 1 saturated heterocycles. The van der Waals surface area contributed by atoms with Gasteiger partial charge in [0.25, 0.3) is 0 Å². The Hall–Kier alpha value is -1.29. The van der Waals surface area contributed by atoms with Crippen molar-refractivity contribution in [3.05, 3.63) is 21.2 Å². The van der Waals surface area contributed by atoms with Gasteiger partial charge in [-0.05, 0) is 25.8 Å².